The predicted molar refractivity (Wildman–Crippen MR) is 49.8 cm³/mol. The number of hydrogen-bond acceptors (Lipinski definition) is 6. The fraction of sp³-hybridized carbons (Fsp3) is 0.833. The zero-order valence-corrected chi connectivity index (χ0v) is 8.66. The van der Waals surface area contributed by atoms with Crippen LogP contribution in [0.4, 0.5) is 0 Å². The van der Waals surface area contributed by atoms with Gasteiger partial charge in [0, 0.05) is 12.6 Å². The molecule has 1 amide bonds. The molecule has 1 fully saturated rings. The molecule has 0 aliphatic carbocycles. The zero-order valence-electron chi connectivity index (χ0n) is 7.84. The maximum absolute atomic E-state index is 10.8. The van der Waals surface area contributed by atoms with Gasteiger partial charge in [-0.05, 0) is 12.8 Å². The fourth-order valence-corrected chi connectivity index (χ4v) is 1.59. The van der Waals surface area contributed by atoms with E-state index in [1.165, 1.54) is 0 Å². The van der Waals surface area contributed by atoms with Gasteiger partial charge in [-0.25, -0.2) is 0 Å². The van der Waals surface area contributed by atoms with Gasteiger partial charge in [-0.3, -0.25) is 9.35 Å². The highest BCUT2D eigenvalue weighted by Crippen LogP contribution is 2.07. The van der Waals surface area contributed by atoms with Gasteiger partial charge in [0.15, 0.2) is 0 Å². The van der Waals surface area contributed by atoms with Gasteiger partial charge in [0.25, 0.3) is 0 Å². The van der Waals surface area contributed by atoms with Crippen LogP contribution in [0.5, 0.6) is 0 Å². The fourth-order valence-electron chi connectivity index (χ4n) is 1.33. The SMILES string of the molecule is NC(=O)C1CC[C@@H](NOS(=O)(=O)O)CN1. The Hall–Kier alpha value is -0.740. The summed E-state index contributed by atoms with van der Waals surface area (Å²) in [5.74, 6) is -0.441. The van der Waals surface area contributed by atoms with Gasteiger partial charge >= 0.3 is 10.4 Å². The van der Waals surface area contributed by atoms with Crippen LogP contribution in [0.15, 0.2) is 0 Å². The largest absolute Gasteiger partial charge is 0.413 e. The molecule has 2 atom stereocenters. The third-order valence-electron chi connectivity index (χ3n) is 2.08. The number of amides is 1. The first-order valence-corrected chi connectivity index (χ1v) is 5.69. The van der Waals surface area contributed by atoms with Crippen molar-refractivity contribution in [3.05, 3.63) is 0 Å². The van der Waals surface area contributed by atoms with Crippen LogP contribution in [0.2, 0.25) is 0 Å². The van der Waals surface area contributed by atoms with Crippen molar-refractivity contribution in [1.82, 2.24) is 10.8 Å². The molecule has 1 aliphatic heterocycles. The van der Waals surface area contributed by atoms with E-state index < -0.39 is 22.3 Å². The minimum atomic E-state index is -4.48. The Labute approximate surface area is 87.1 Å². The van der Waals surface area contributed by atoms with E-state index in [0.29, 0.717) is 19.4 Å². The smallest absolute Gasteiger partial charge is 0.368 e. The number of nitrogens with two attached hydrogens (primary N) is 1. The van der Waals surface area contributed by atoms with Crippen molar-refractivity contribution in [2.45, 2.75) is 24.9 Å². The maximum Gasteiger partial charge on any atom is 0.413 e. The number of hydrogen-bond donors (Lipinski definition) is 4. The summed E-state index contributed by atoms with van der Waals surface area (Å²) in [5.41, 5.74) is 7.24. The standard InChI is InChI=1S/C6H13N3O5S/c7-6(10)5-2-1-4(3-8-5)9-14-15(11,12)13/h4-5,8-9H,1-3H2,(H2,7,10)(H,11,12,13)/t4-,5?/m1/s1. The molecule has 88 valence electrons. The molecule has 0 aromatic rings. The molecule has 0 saturated carbocycles. The molecule has 0 radical (unpaired) electrons. The van der Waals surface area contributed by atoms with Gasteiger partial charge in [-0.1, -0.05) is 0 Å². The van der Waals surface area contributed by atoms with Crippen LogP contribution in [-0.4, -0.2) is 37.5 Å². The molecule has 0 spiro atoms. The summed E-state index contributed by atoms with van der Waals surface area (Å²) in [6.45, 7) is 0.336. The van der Waals surface area contributed by atoms with E-state index in [-0.39, 0.29) is 6.04 Å². The van der Waals surface area contributed by atoms with E-state index in [4.69, 9.17) is 10.3 Å². The molecule has 1 aliphatic rings. The molecule has 1 saturated heterocycles. The average Bonchev–Trinajstić information content (AvgIpc) is 2.14. The number of carbonyl (C=O) groups is 1. The Morgan fingerprint density at radius 2 is 2.20 bits per heavy atom. The van der Waals surface area contributed by atoms with Crippen molar-refractivity contribution >= 4 is 16.3 Å². The number of piperidine rings is 1. The molecule has 0 bridgehead atoms. The van der Waals surface area contributed by atoms with Gasteiger partial charge in [0.1, 0.15) is 0 Å². The number of hydroxylamine groups is 1. The highest BCUT2D eigenvalue weighted by molar-refractivity contribution is 7.80. The molecule has 0 aromatic heterocycles. The van der Waals surface area contributed by atoms with E-state index in [2.05, 4.69) is 15.1 Å². The molecule has 8 nitrogen and oxygen atoms in total. The van der Waals surface area contributed by atoms with Crippen LogP contribution >= 0.6 is 0 Å². The molecule has 1 unspecified atom stereocenters. The monoisotopic (exact) mass is 239 g/mol. The van der Waals surface area contributed by atoms with Gasteiger partial charge in [-0.15, -0.1) is 0 Å². The lowest BCUT2D eigenvalue weighted by molar-refractivity contribution is -0.120. The number of carbonyl (C=O) groups excluding carboxylic acids is 1. The Kier molecular flexibility index (Phi) is 3.99. The quantitative estimate of drug-likeness (QED) is 0.327. The Morgan fingerprint density at radius 1 is 1.53 bits per heavy atom. The minimum absolute atomic E-state index is 0.289. The van der Waals surface area contributed by atoms with Crippen LogP contribution < -0.4 is 16.5 Å². The van der Waals surface area contributed by atoms with Crippen LogP contribution in [0.25, 0.3) is 0 Å². The predicted octanol–water partition coefficient (Wildman–Crippen LogP) is -2.08. The molecule has 5 N–H and O–H groups in total. The lowest BCUT2D eigenvalue weighted by atomic mass is 10.0. The van der Waals surface area contributed by atoms with Gasteiger partial charge in [-0.2, -0.15) is 18.2 Å². The Morgan fingerprint density at radius 3 is 2.60 bits per heavy atom. The highest BCUT2D eigenvalue weighted by Gasteiger charge is 2.24. The van der Waals surface area contributed by atoms with Crippen molar-refractivity contribution < 1.29 is 22.0 Å². The number of primary amides is 1. The first-order valence-electron chi connectivity index (χ1n) is 4.32. The summed E-state index contributed by atoms with van der Waals surface area (Å²) in [4.78, 5) is 10.8. The highest BCUT2D eigenvalue weighted by atomic mass is 32.3. The molecular formula is C6H13N3O5S. The van der Waals surface area contributed by atoms with Crippen molar-refractivity contribution in [1.29, 1.82) is 0 Å². The molecular weight excluding hydrogens is 226 g/mol. The second-order valence-electron chi connectivity index (χ2n) is 3.27. The van der Waals surface area contributed by atoms with E-state index in [0.717, 1.165) is 0 Å². The van der Waals surface area contributed by atoms with Crippen molar-refractivity contribution in [3.63, 3.8) is 0 Å². The van der Waals surface area contributed by atoms with E-state index in [9.17, 15) is 13.2 Å². The topological polar surface area (TPSA) is 131 Å². The summed E-state index contributed by atoms with van der Waals surface area (Å²) in [6, 6.07) is -0.684. The molecule has 15 heavy (non-hydrogen) atoms. The third kappa shape index (κ3) is 4.53. The summed E-state index contributed by atoms with van der Waals surface area (Å²) < 4.78 is 32.7. The molecule has 9 heteroatoms. The van der Waals surface area contributed by atoms with Crippen LogP contribution in [-0.2, 0) is 19.5 Å². The van der Waals surface area contributed by atoms with Crippen LogP contribution in [0, 0.1) is 0 Å². The van der Waals surface area contributed by atoms with Crippen molar-refractivity contribution in [3.8, 4) is 0 Å². The van der Waals surface area contributed by atoms with Gasteiger partial charge in [0.05, 0.1) is 6.04 Å². The Balaban J connectivity index is 2.29. The minimum Gasteiger partial charge on any atom is -0.368 e. The van der Waals surface area contributed by atoms with Gasteiger partial charge in [0.2, 0.25) is 5.91 Å². The molecule has 0 aromatic carbocycles. The third-order valence-corrected chi connectivity index (χ3v) is 2.38. The first-order chi connectivity index (χ1) is 6.88. The number of nitrogens with one attached hydrogen (secondary N) is 2. The average molecular weight is 239 g/mol. The molecule has 1 heterocycles. The lowest BCUT2D eigenvalue weighted by Gasteiger charge is -2.27. The number of rotatable bonds is 4. The van der Waals surface area contributed by atoms with E-state index in [1.54, 1.807) is 0 Å². The lowest BCUT2D eigenvalue weighted by Crippen LogP contribution is -2.52. The summed E-state index contributed by atoms with van der Waals surface area (Å²) in [7, 11) is -4.48. The first kappa shape index (κ1) is 12.3. The van der Waals surface area contributed by atoms with E-state index in [1.807, 2.05) is 0 Å². The van der Waals surface area contributed by atoms with E-state index >= 15 is 0 Å². The Bertz CT molecular complexity index is 322. The van der Waals surface area contributed by atoms with Gasteiger partial charge < -0.3 is 11.1 Å². The normalized spacial score (nSPS) is 27.5. The zero-order chi connectivity index (χ0) is 11.5. The van der Waals surface area contributed by atoms with Crippen LogP contribution in [0.3, 0.4) is 0 Å². The van der Waals surface area contributed by atoms with Crippen molar-refractivity contribution in [2.24, 2.45) is 5.73 Å². The second-order valence-corrected chi connectivity index (χ2v) is 4.29. The summed E-state index contributed by atoms with van der Waals surface area (Å²) in [6.07, 6.45) is 1.01. The second kappa shape index (κ2) is 4.86. The maximum atomic E-state index is 10.8. The summed E-state index contributed by atoms with van der Waals surface area (Å²) >= 11 is 0. The summed E-state index contributed by atoms with van der Waals surface area (Å²) in [5, 5.41) is 2.81. The van der Waals surface area contributed by atoms with Crippen LogP contribution in [0.1, 0.15) is 12.8 Å². The van der Waals surface area contributed by atoms with Crippen molar-refractivity contribution in [2.75, 3.05) is 6.54 Å². The molecule has 1 rings (SSSR count).